The molecule has 4 heteroatoms. The van der Waals surface area contributed by atoms with Gasteiger partial charge in [-0.15, -0.1) is 11.8 Å². The van der Waals surface area contributed by atoms with Crippen molar-refractivity contribution in [3.05, 3.63) is 35.4 Å². The quantitative estimate of drug-likeness (QED) is 0.851. The van der Waals surface area contributed by atoms with Crippen molar-refractivity contribution in [2.45, 2.75) is 38.4 Å². The molecule has 0 radical (unpaired) electrons. The van der Waals surface area contributed by atoms with E-state index >= 15 is 0 Å². The number of hydrogen-bond donors (Lipinski definition) is 1. The van der Waals surface area contributed by atoms with Gasteiger partial charge in [0.1, 0.15) is 0 Å². The average molecular weight is 276 g/mol. The van der Waals surface area contributed by atoms with Crippen LogP contribution in [-0.2, 0) is 17.8 Å². The second-order valence-electron chi connectivity index (χ2n) is 5.95. The van der Waals surface area contributed by atoms with Gasteiger partial charge in [-0.25, -0.2) is 0 Å². The lowest BCUT2D eigenvalue weighted by Crippen LogP contribution is -2.56. The van der Waals surface area contributed by atoms with Gasteiger partial charge in [0.05, 0.1) is 6.04 Å². The van der Waals surface area contributed by atoms with Crippen LogP contribution < -0.4 is 5.32 Å². The minimum Gasteiger partial charge on any atom is -0.332 e. The fraction of sp³-hybridized carbons (Fsp3) is 0.533. The molecule has 3 nitrogen and oxygen atoms in total. The maximum atomic E-state index is 12.7. The first kappa shape index (κ1) is 13.0. The maximum absolute atomic E-state index is 12.7. The molecule has 0 bridgehead atoms. The largest absolute Gasteiger partial charge is 0.332 e. The Balaban J connectivity index is 1.87. The maximum Gasteiger partial charge on any atom is 0.241 e. The number of carbonyl (C=O) groups is 1. The van der Waals surface area contributed by atoms with E-state index in [1.807, 2.05) is 0 Å². The summed E-state index contributed by atoms with van der Waals surface area (Å²) in [5.74, 6) is 2.04. The van der Waals surface area contributed by atoms with Crippen LogP contribution in [0.15, 0.2) is 24.3 Å². The van der Waals surface area contributed by atoms with E-state index in [1.165, 1.54) is 11.1 Å². The standard InChI is InChI=1S/C15H20N2OS/c1-15(2)7-11-5-3-4-6-12(11)8-17(15)14(18)13-9-19-10-16-13/h3-6,13,16H,7-10H2,1-2H3. The minimum absolute atomic E-state index is 0.00506. The summed E-state index contributed by atoms with van der Waals surface area (Å²) in [4.78, 5) is 14.7. The van der Waals surface area contributed by atoms with E-state index in [2.05, 4.69) is 48.3 Å². The van der Waals surface area contributed by atoms with Crippen molar-refractivity contribution in [2.75, 3.05) is 11.6 Å². The molecule has 1 aromatic carbocycles. The zero-order chi connectivity index (χ0) is 13.5. The molecule has 3 rings (SSSR count). The number of thioether (sulfide) groups is 1. The molecule has 2 aliphatic heterocycles. The van der Waals surface area contributed by atoms with Crippen LogP contribution in [-0.4, -0.2) is 34.0 Å². The highest BCUT2D eigenvalue weighted by atomic mass is 32.2. The predicted octanol–water partition coefficient (Wildman–Crippen LogP) is 2.01. The SMILES string of the molecule is CC1(C)Cc2ccccc2CN1C(=O)C1CSCN1. The fourth-order valence-corrected chi connectivity index (χ4v) is 3.88. The van der Waals surface area contributed by atoms with Crippen molar-refractivity contribution in [1.29, 1.82) is 0 Å². The highest BCUT2D eigenvalue weighted by molar-refractivity contribution is 7.99. The molecule has 1 fully saturated rings. The summed E-state index contributed by atoms with van der Waals surface area (Å²) in [5.41, 5.74) is 2.58. The van der Waals surface area contributed by atoms with Gasteiger partial charge < -0.3 is 4.90 Å². The van der Waals surface area contributed by atoms with Gasteiger partial charge in [-0.1, -0.05) is 24.3 Å². The fourth-order valence-electron chi connectivity index (χ4n) is 2.95. The van der Waals surface area contributed by atoms with Gasteiger partial charge in [-0.3, -0.25) is 10.1 Å². The summed E-state index contributed by atoms with van der Waals surface area (Å²) in [5, 5.41) is 3.29. The van der Waals surface area contributed by atoms with Gasteiger partial charge in [-0.2, -0.15) is 0 Å². The Morgan fingerprint density at radius 2 is 2.11 bits per heavy atom. The molecule has 0 saturated carbocycles. The predicted molar refractivity (Wildman–Crippen MR) is 79.0 cm³/mol. The lowest BCUT2D eigenvalue weighted by atomic mass is 9.85. The van der Waals surface area contributed by atoms with Crippen LogP contribution in [0.1, 0.15) is 25.0 Å². The molecule has 1 aromatic rings. The van der Waals surface area contributed by atoms with Gasteiger partial charge in [0.25, 0.3) is 0 Å². The van der Waals surface area contributed by atoms with Crippen molar-refractivity contribution in [3.8, 4) is 0 Å². The Kier molecular flexibility index (Phi) is 3.31. The first-order valence-corrected chi connectivity index (χ1v) is 7.93. The molecule has 2 heterocycles. The van der Waals surface area contributed by atoms with Crippen LogP contribution in [0.3, 0.4) is 0 Å². The molecule has 0 spiro atoms. The van der Waals surface area contributed by atoms with E-state index in [9.17, 15) is 4.79 Å². The van der Waals surface area contributed by atoms with E-state index in [-0.39, 0.29) is 17.5 Å². The highest BCUT2D eigenvalue weighted by Crippen LogP contribution is 2.31. The third-order valence-electron chi connectivity index (χ3n) is 4.08. The Hall–Kier alpha value is -1.000. The van der Waals surface area contributed by atoms with Crippen molar-refractivity contribution in [1.82, 2.24) is 10.2 Å². The number of rotatable bonds is 1. The molecule has 0 aliphatic carbocycles. The number of hydrogen-bond acceptors (Lipinski definition) is 3. The van der Waals surface area contributed by atoms with Gasteiger partial charge in [0, 0.05) is 23.7 Å². The van der Waals surface area contributed by atoms with Crippen LogP contribution in [0.25, 0.3) is 0 Å². The molecule has 1 amide bonds. The number of fused-ring (bicyclic) bond motifs is 1. The van der Waals surface area contributed by atoms with Crippen molar-refractivity contribution in [2.24, 2.45) is 0 Å². The molecular weight excluding hydrogens is 256 g/mol. The van der Waals surface area contributed by atoms with Crippen molar-refractivity contribution < 1.29 is 4.79 Å². The lowest BCUT2D eigenvalue weighted by Gasteiger charge is -2.44. The van der Waals surface area contributed by atoms with E-state index in [0.29, 0.717) is 0 Å². The zero-order valence-corrected chi connectivity index (χ0v) is 12.3. The Bertz CT molecular complexity index is 495. The van der Waals surface area contributed by atoms with E-state index < -0.39 is 0 Å². The van der Waals surface area contributed by atoms with Crippen LogP contribution in [0.2, 0.25) is 0 Å². The third-order valence-corrected chi connectivity index (χ3v) is 5.02. The minimum atomic E-state index is -0.0969. The monoisotopic (exact) mass is 276 g/mol. The Morgan fingerprint density at radius 3 is 2.79 bits per heavy atom. The molecule has 2 aliphatic rings. The average Bonchev–Trinajstić information content (AvgIpc) is 2.90. The smallest absolute Gasteiger partial charge is 0.241 e. The third kappa shape index (κ3) is 2.39. The summed E-state index contributed by atoms with van der Waals surface area (Å²) in [6, 6.07) is 8.46. The van der Waals surface area contributed by atoms with Crippen LogP contribution in [0, 0.1) is 0 Å². The molecule has 0 aromatic heterocycles. The Morgan fingerprint density at radius 1 is 1.37 bits per heavy atom. The summed E-state index contributed by atoms with van der Waals surface area (Å²) >= 11 is 1.80. The first-order valence-electron chi connectivity index (χ1n) is 6.77. The topological polar surface area (TPSA) is 32.3 Å². The van der Waals surface area contributed by atoms with Gasteiger partial charge in [-0.05, 0) is 31.4 Å². The lowest BCUT2D eigenvalue weighted by molar-refractivity contribution is -0.139. The summed E-state index contributed by atoms with van der Waals surface area (Å²) in [6.45, 7) is 5.08. The molecule has 1 unspecified atom stereocenters. The van der Waals surface area contributed by atoms with Gasteiger partial charge in [0.2, 0.25) is 5.91 Å². The van der Waals surface area contributed by atoms with Crippen LogP contribution in [0.5, 0.6) is 0 Å². The Labute approximate surface area is 118 Å². The summed E-state index contributed by atoms with van der Waals surface area (Å²) in [6.07, 6.45) is 0.939. The first-order chi connectivity index (χ1) is 9.08. The van der Waals surface area contributed by atoms with E-state index in [1.54, 1.807) is 11.8 Å². The van der Waals surface area contributed by atoms with E-state index in [4.69, 9.17) is 0 Å². The second-order valence-corrected chi connectivity index (χ2v) is 6.98. The molecular formula is C15H20N2OS. The van der Waals surface area contributed by atoms with Crippen molar-refractivity contribution in [3.63, 3.8) is 0 Å². The van der Waals surface area contributed by atoms with Gasteiger partial charge >= 0.3 is 0 Å². The normalized spacial score (nSPS) is 25.2. The van der Waals surface area contributed by atoms with Crippen LogP contribution >= 0.6 is 11.8 Å². The molecule has 102 valence electrons. The van der Waals surface area contributed by atoms with Gasteiger partial charge in [0.15, 0.2) is 0 Å². The molecule has 1 N–H and O–H groups in total. The molecule has 1 saturated heterocycles. The van der Waals surface area contributed by atoms with Crippen LogP contribution in [0.4, 0.5) is 0 Å². The number of amides is 1. The zero-order valence-electron chi connectivity index (χ0n) is 11.5. The summed E-state index contributed by atoms with van der Waals surface area (Å²) < 4.78 is 0. The van der Waals surface area contributed by atoms with Crippen molar-refractivity contribution >= 4 is 17.7 Å². The number of nitrogens with zero attached hydrogens (tertiary/aromatic N) is 1. The highest BCUT2D eigenvalue weighted by Gasteiger charge is 2.39. The molecule has 19 heavy (non-hydrogen) atoms. The second kappa shape index (κ2) is 4.84. The molecule has 1 atom stereocenters. The number of benzene rings is 1. The summed E-state index contributed by atoms with van der Waals surface area (Å²) in [7, 11) is 0. The van der Waals surface area contributed by atoms with E-state index in [0.717, 1.165) is 24.6 Å². The number of nitrogens with one attached hydrogen (secondary N) is 1. The number of carbonyl (C=O) groups excluding carboxylic acids is 1.